The second-order valence-corrected chi connectivity index (χ2v) is 9.78. The fourth-order valence-corrected chi connectivity index (χ4v) is 5.02. The van der Waals surface area contributed by atoms with E-state index in [2.05, 4.69) is 53.5 Å². The number of likely N-dealkylation sites (tertiary alicyclic amines) is 1. The van der Waals surface area contributed by atoms with Crippen molar-refractivity contribution in [3.05, 3.63) is 76.8 Å². The summed E-state index contributed by atoms with van der Waals surface area (Å²) >= 11 is 3.61. The molecule has 0 spiro atoms. The first kappa shape index (κ1) is 24.3. The number of nitrogens with one attached hydrogen (secondary N) is 2. The average Bonchev–Trinajstić information content (AvgIpc) is 3.29. The van der Waals surface area contributed by atoms with Gasteiger partial charge in [-0.1, -0.05) is 34.1 Å². The maximum atomic E-state index is 13.4. The number of nitrogens with zero attached hydrogens (tertiary/aromatic N) is 4. The predicted molar refractivity (Wildman–Crippen MR) is 143 cm³/mol. The first-order valence-electron chi connectivity index (χ1n) is 11.9. The highest BCUT2D eigenvalue weighted by atomic mass is 79.9. The lowest BCUT2D eigenvalue weighted by atomic mass is 10.0. The van der Waals surface area contributed by atoms with E-state index in [1.54, 1.807) is 18.3 Å². The molecule has 5 rings (SSSR count). The van der Waals surface area contributed by atoms with Gasteiger partial charge >= 0.3 is 0 Å². The molecule has 1 unspecified atom stereocenters. The monoisotopic (exact) mass is 548 g/mol. The Labute approximate surface area is 217 Å². The first-order chi connectivity index (χ1) is 17.5. The van der Waals surface area contributed by atoms with Gasteiger partial charge in [-0.3, -0.25) is 4.79 Å². The van der Waals surface area contributed by atoms with E-state index < -0.39 is 0 Å². The molecule has 1 fully saturated rings. The molecule has 36 heavy (non-hydrogen) atoms. The fourth-order valence-electron chi connectivity index (χ4n) is 4.52. The van der Waals surface area contributed by atoms with Gasteiger partial charge in [0.25, 0.3) is 5.91 Å². The van der Waals surface area contributed by atoms with Crippen molar-refractivity contribution < 1.29 is 9.18 Å². The van der Waals surface area contributed by atoms with Gasteiger partial charge < -0.3 is 15.5 Å². The second kappa shape index (κ2) is 10.7. The second-order valence-electron chi connectivity index (χ2n) is 8.92. The van der Waals surface area contributed by atoms with Crippen LogP contribution in [0, 0.1) is 5.82 Å². The van der Waals surface area contributed by atoms with E-state index in [1.807, 2.05) is 30.3 Å². The summed E-state index contributed by atoms with van der Waals surface area (Å²) in [6.07, 6.45) is 4.92. The predicted octanol–water partition coefficient (Wildman–Crippen LogP) is 5.55. The maximum Gasteiger partial charge on any atom is 0.270 e. The number of benzene rings is 2. The Kier molecular flexibility index (Phi) is 7.20. The molecule has 9 heteroatoms. The van der Waals surface area contributed by atoms with Crippen LogP contribution in [0.4, 0.5) is 16.0 Å². The molecule has 184 valence electrons. The lowest BCUT2D eigenvalue weighted by molar-refractivity contribution is 0.0946. The summed E-state index contributed by atoms with van der Waals surface area (Å²) in [6, 6.07) is 16.0. The SMILES string of the molecule is CN1CCCC1CCNC(=O)c1nc2nc(Nc3ccc(F)cc3)ncc2cc1-c1ccccc1Br. The summed E-state index contributed by atoms with van der Waals surface area (Å²) in [5.74, 6) is -0.252. The van der Waals surface area contributed by atoms with Gasteiger partial charge in [0.2, 0.25) is 5.95 Å². The van der Waals surface area contributed by atoms with E-state index >= 15 is 0 Å². The van der Waals surface area contributed by atoms with Gasteiger partial charge in [0.15, 0.2) is 5.65 Å². The van der Waals surface area contributed by atoms with Gasteiger partial charge in [-0.2, -0.15) is 4.98 Å². The van der Waals surface area contributed by atoms with Crippen molar-refractivity contribution in [1.82, 2.24) is 25.2 Å². The van der Waals surface area contributed by atoms with Gasteiger partial charge in [-0.05, 0) is 74.8 Å². The Morgan fingerprint density at radius 2 is 1.94 bits per heavy atom. The van der Waals surface area contributed by atoms with E-state index in [-0.39, 0.29) is 11.7 Å². The van der Waals surface area contributed by atoms with Crippen LogP contribution in [-0.4, -0.2) is 51.9 Å². The van der Waals surface area contributed by atoms with Crippen molar-refractivity contribution in [1.29, 1.82) is 0 Å². The Balaban J connectivity index is 1.46. The van der Waals surface area contributed by atoms with Crippen LogP contribution in [0.1, 0.15) is 29.8 Å². The highest BCUT2D eigenvalue weighted by molar-refractivity contribution is 9.10. The first-order valence-corrected chi connectivity index (χ1v) is 12.7. The molecule has 2 aromatic carbocycles. The van der Waals surface area contributed by atoms with Crippen LogP contribution in [0.3, 0.4) is 0 Å². The summed E-state index contributed by atoms with van der Waals surface area (Å²) in [7, 11) is 2.13. The van der Waals surface area contributed by atoms with Crippen molar-refractivity contribution in [2.24, 2.45) is 0 Å². The van der Waals surface area contributed by atoms with Crippen LogP contribution in [0.2, 0.25) is 0 Å². The minimum Gasteiger partial charge on any atom is -0.351 e. The lowest BCUT2D eigenvalue weighted by Crippen LogP contribution is -2.32. The van der Waals surface area contributed by atoms with E-state index in [0.717, 1.165) is 29.4 Å². The van der Waals surface area contributed by atoms with Gasteiger partial charge in [-0.25, -0.2) is 14.4 Å². The standard InChI is InChI=1S/C27H26BrFN6O/c1-35-14-4-5-20(35)12-13-30-26(36)24-22(21-6-2-3-7-23(21)28)15-17-16-31-27(34-25(17)33-24)32-19-10-8-18(29)9-11-19/h2-3,6-11,15-16,20H,4-5,12-14H2,1H3,(H,30,36)(H,31,32,33,34). The molecule has 0 radical (unpaired) electrons. The number of carbonyl (C=O) groups is 1. The van der Waals surface area contributed by atoms with Gasteiger partial charge in [-0.15, -0.1) is 0 Å². The zero-order valence-electron chi connectivity index (χ0n) is 19.8. The van der Waals surface area contributed by atoms with E-state index in [1.165, 1.54) is 18.6 Å². The van der Waals surface area contributed by atoms with Crippen LogP contribution >= 0.6 is 15.9 Å². The molecule has 0 saturated carbocycles. The zero-order valence-corrected chi connectivity index (χ0v) is 21.4. The van der Waals surface area contributed by atoms with Crippen LogP contribution in [0.15, 0.2) is 65.3 Å². The number of fused-ring (bicyclic) bond motifs is 1. The van der Waals surface area contributed by atoms with Gasteiger partial charge in [0.05, 0.1) is 0 Å². The Morgan fingerprint density at radius 3 is 2.69 bits per heavy atom. The molecule has 1 atom stereocenters. The molecule has 1 aliphatic heterocycles. The van der Waals surface area contributed by atoms with E-state index in [9.17, 15) is 9.18 Å². The number of pyridine rings is 1. The number of rotatable bonds is 7. The van der Waals surface area contributed by atoms with Crippen molar-refractivity contribution >= 4 is 44.5 Å². The summed E-state index contributed by atoms with van der Waals surface area (Å²) in [5, 5.41) is 6.82. The Hall–Kier alpha value is -3.43. The molecule has 2 N–H and O–H groups in total. The largest absolute Gasteiger partial charge is 0.351 e. The maximum absolute atomic E-state index is 13.4. The number of hydrogen-bond donors (Lipinski definition) is 2. The summed E-state index contributed by atoms with van der Waals surface area (Å²) in [5.41, 5.74) is 2.91. The Morgan fingerprint density at radius 1 is 1.14 bits per heavy atom. The zero-order chi connectivity index (χ0) is 25.1. The molecule has 0 bridgehead atoms. The lowest BCUT2D eigenvalue weighted by Gasteiger charge is -2.19. The number of carbonyl (C=O) groups excluding carboxylic acids is 1. The van der Waals surface area contributed by atoms with E-state index in [0.29, 0.717) is 46.5 Å². The molecule has 0 aliphatic carbocycles. The van der Waals surface area contributed by atoms with Crippen LogP contribution < -0.4 is 10.6 Å². The summed E-state index contributed by atoms with van der Waals surface area (Å²) < 4.78 is 14.1. The number of hydrogen-bond acceptors (Lipinski definition) is 6. The molecule has 1 amide bonds. The molecule has 3 heterocycles. The molecule has 1 saturated heterocycles. The number of anilines is 2. The third-order valence-electron chi connectivity index (χ3n) is 6.48. The van der Waals surface area contributed by atoms with Crippen LogP contribution in [0.25, 0.3) is 22.2 Å². The van der Waals surface area contributed by atoms with Crippen molar-refractivity contribution in [2.75, 3.05) is 25.5 Å². The smallest absolute Gasteiger partial charge is 0.270 e. The van der Waals surface area contributed by atoms with Crippen molar-refractivity contribution in [2.45, 2.75) is 25.3 Å². The minimum atomic E-state index is -0.323. The Bertz CT molecular complexity index is 1400. The minimum absolute atomic E-state index is 0.241. The number of halogens is 2. The fraction of sp³-hybridized carbons (Fsp3) is 0.259. The van der Waals surface area contributed by atoms with Gasteiger partial charge in [0, 0.05) is 39.9 Å². The number of aromatic nitrogens is 3. The van der Waals surface area contributed by atoms with Crippen molar-refractivity contribution in [3.8, 4) is 11.1 Å². The summed E-state index contributed by atoms with van der Waals surface area (Å²) in [4.78, 5) is 29.3. The van der Waals surface area contributed by atoms with Gasteiger partial charge in [0.1, 0.15) is 11.5 Å². The average molecular weight is 549 g/mol. The highest BCUT2D eigenvalue weighted by Gasteiger charge is 2.22. The quantitative estimate of drug-likeness (QED) is 0.315. The van der Waals surface area contributed by atoms with Crippen LogP contribution in [-0.2, 0) is 0 Å². The molecule has 7 nitrogen and oxygen atoms in total. The third-order valence-corrected chi connectivity index (χ3v) is 7.17. The molecule has 2 aromatic heterocycles. The van der Waals surface area contributed by atoms with Crippen molar-refractivity contribution in [3.63, 3.8) is 0 Å². The third kappa shape index (κ3) is 5.37. The summed E-state index contributed by atoms with van der Waals surface area (Å²) in [6.45, 7) is 1.68. The molecule has 1 aliphatic rings. The van der Waals surface area contributed by atoms with E-state index in [4.69, 9.17) is 0 Å². The normalized spacial score (nSPS) is 15.8. The molecular formula is C27H26BrFN6O. The van der Waals surface area contributed by atoms with Crippen LogP contribution in [0.5, 0.6) is 0 Å². The molecular weight excluding hydrogens is 523 g/mol. The highest BCUT2D eigenvalue weighted by Crippen LogP contribution is 2.32. The topological polar surface area (TPSA) is 83.0 Å². The number of amides is 1. The molecule has 4 aromatic rings.